The molecule has 104 heavy (non-hydrogen) atoms. The highest BCUT2D eigenvalue weighted by molar-refractivity contribution is 7.21. The second-order valence-electron chi connectivity index (χ2n) is 26.2. The van der Waals surface area contributed by atoms with E-state index in [0.29, 0.717) is 5.76 Å². The maximum atomic E-state index is 9.16. The Morgan fingerprint density at radius 2 is 0.923 bits per heavy atom. The fourth-order valence-electron chi connectivity index (χ4n) is 13.5. The summed E-state index contributed by atoms with van der Waals surface area (Å²) in [5.41, 5.74) is 23.6. The van der Waals surface area contributed by atoms with Gasteiger partial charge in [0.25, 0.3) is 5.01 Å². The maximum Gasteiger partial charge on any atom is 0.270 e. The van der Waals surface area contributed by atoms with Crippen LogP contribution in [-0.2, 0) is 48.9 Å². The number of hydrogen-bond donors (Lipinski definition) is 1. The number of aliphatic hydroxyl groups excluding tert-OH is 1. The van der Waals surface area contributed by atoms with Crippen LogP contribution in [0.4, 0.5) is 0 Å². The summed E-state index contributed by atoms with van der Waals surface area (Å²) in [6, 6.07) is 103. The molecule has 7 aromatic heterocycles. The van der Waals surface area contributed by atoms with E-state index in [1.54, 1.807) is 0 Å². The van der Waals surface area contributed by atoms with Crippen LogP contribution in [0, 0.1) is 41.5 Å². The van der Waals surface area contributed by atoms with E-state index in [0.717, 1.165) is 22.5 Å². The lowest BCUT2D eigenvalue weighted by Gasteiger charge is -2.07. The summed E-state index contributed by atoms with van der Waals surface area (Å²) in [5, 5.41) is 15.6. The number of benzene rings is 10. The van der Waals surface area contributed by atoms with Gasteiger partial charge in [0.1, 0.15) is 56.6 Å². The number of para-hydroxylation sites is 5. The first-order chi connectivity index (χ1) is 50.6. The molecule has 516 valence electrons. The van der Waals surface area contributed by atoms with Crippen LogP contribution in [-0.4, -0.2) is 14.5 Å². The lowest BCUT2D eigenvalue weighted by molar-refractivity contribution is -0.744. The summed E-state index contributed by atoms with van der Waals surface area (Å²) in [7, 11) is 12.5. The number of thiazole rings is 1. The summed E-state index contributed by atoms with van der Waals surface area (Å²) >= 11 is 1.85. The molecule has 0 bridgehead atoms. The molecular weight excluding hydrogens is 1290 g/mol. The average Bonchev–Trinajstić information content (AvgIpc) is 1.67. The third kappa shape index (κ3) is 16.0. The number of pyridine rings is 3. The van der Waals surface area contributed by atoms with Crippen molar-refractivity contribution >= 4 is 54.1 Å². The van der Waals surface area contributed by atoms with Crippen LogP contribution < -0.4 is 27.6 Å². The predicted octanol–water partition coefficient (Wildman–Crippen LogP) is 18.6. The third-order valence-corrected chi connectivity index (χ3v) is 20.5. The Morgan fingerprint density at radius 1 is 0.375 bits per heavy atom. The summed E-state index contributed by atoms with van der Waals surface area (Å²) in [6.07, 6.45) is 8.36. The summed E-state index contributed by atoms with van der Waals surface area (Å²) in [4.78, 5) is 0. The van der Waals surface area contributed by atoms with Gasteiger partial charge in [-0.05, 0) is 165 Å². The Balaban J connectivity index is 0.000000118. The smallest absolute Gasteiger partial charge is 0.270 e. The number of rotatable bonds is 8. The van der Waals surface area contributed by atoms with Crippen molar-refractivity contribution < 1.29 is 37.2 Å². The van der Waals surface area contributed by atoms with E-state index in [2.05, 4.69) is 391 Å². The highest BCUT2D eigenvalue weighted by atomic mass is 32.1. The zero-order valence-electron chi connectivity index (χ0n) is 61.6. The van der Waals surface area contributed by atoms with Crippen molar-refractivity contribution in [2.24, 2.45) is 42.3 Å². The van der Waals surface area contributed by atoms with Gasteiger partial charge in [-0.1, -0.05) is 169 Å². The quantitative estimate of drug-likeness (QED) is 0.154. The molecule has 0 fully saturated rings. The van der Waals surface area contributed by atoms with Crippen molar-refractivity contribution in [3.8, 4) is 67.2 Å². The minimum Gasteiger partial charge on any atom is -0.452 e. The molecule has 0 unspecified atom stereocenters. The lowest BCUT2D eigenvalue weighted by atomic mass is 9.98. The minimum atomic E-state index is -0.0713. The number of nitrogens with zero attached hydrogens (tertiary/aromatic N) is 8. The van der Waals surface area contributed by atoms with E-state index < -0.39 is 0 Å². The first-order valence-corrected chi connectivity index (χ1v) is 36.1. The molecule has 0 aliphatic rings. The van der Waals surface area contributed by atoms with Crippen LogP contribution in [0.5, 0.6) is 0 Å². The fourth-order valence-corrected chi connectivity index (χ4v) is 14.7. The highest BCUT2D eigenvalue weighted by Crippen LogP contribution is 2.32. The van der Waals surface area contributed by atoms with Gasteiger partial charge in [0.15, 0.2) is 26.5 Å². The number of furan rings is 1. The molecular formula is C93H92N8O2S+6. The van der Waals surface area contributed by atoms with Gasteiger partial charge in [0, 0.05) is 82.2 Å². The van der Waals surface area contributed by atoms with Crippen LogP contribution in [0.25, 0.3) is 110 Å². The third-order valence-electron chi connectivity index (χ3n) is 19.3. The normalized spacial score (nSPS) is 10.8. The van der Waals surface area contributed by atoms with Crippen molar-refractivity contribution in [1.82, 2.24) is 9.36 Å². The molecule has 17 rings (SSSR count). The van der Waals surface area contributed by atoms with Gasteiger partial charge >= 0.3 is 0 Å². The number of hydrogen-bond acceptors (Lipinski definition) is 3. The van der Waals surface area contributed by atoms with Crippen molar-refractivity contribution in [2.45, 2.75) is 48.1 Å². The Bertz CT molecular complexity index is 5680. The highest BCUT2D eigenvalue weighted by Gasteiger charge is 2.23. The number of aliphatic hydroxyl groups is 1. The van der Waals surface area contributed by atoms with E-state index in [1.807, 2.05) is 62.8 Å². The Kier molecular flexibility index (Phi) is 22.9. The molecule has 0 radical (unpaired) electrons. The van der Waals surface area contributed by atoms with E-state index in [9.17, 15) is 0 Å². The lowest BCUT2D eigenvalue weighted by Crippen LogP contribution is -2.38. The van der Waals surface area contributed by atoms with Crippen LogP contribution in [0.15, 0.2) is 326 Å². The monoisotopic (exact) mass is 1380 g/mol. The van der Waals surface area contributed by atoms with E-state index in [-0.39, 0.29) is 6.61 Å². The first-order valence-electron chi connectivity index (χ1n) is 35.3. The van der Waals surface area contributed by atoms with E-state index >= 15 is 0 Å². The minimum absolute atomic E-state index is 0.0713. The average molecular weight is 1390 g/mol. The molecule has 0 saturated carbocycles. The predicted molar refractivity (Wildman–Crippen MR) is 426 cm³/mol. The van der Waals surface area contributed by atoms with E-state index in [1.165, 1.54) is 121 Å². The van der Waals surface area contributed by atoms with E-state index in [4.69, 9.17) is 9.52 Å². The van der Waals surface area contributed by atoms with Gasteiger partial charge in [-0.25, -0.2) is 4.57 Å². The molecule has 1 N–H and O–H groups in total. The van der Waals surface area contributed by atoms with Crippen molar-refractivity contribution in [1.29, 1.82) is 0 Å². The van der Waals surface area contributed by atoms with Crippen LogP contribution >= 0.6 is 11.3 Å². The maximum absolute atomic E-state index is 9.16. The second kappa shape index (κ2) is 33.2. The molecule has 11 heteroatoms. The SMILES string of the molecule is Cc1c(-c2cccc[n+]2C)ccc2ccccc12.Cc1cc(CO)oc1-c1ccc2ccccc2[n+]1C.Cc1ccccc1-c1cccc(-c2ccccc2)[n+]1C.Cc1ccccc1-c1sc2ccccc2[n+]1C.Cc1ccccc1-n1cc2ccccc2[n+]1C.Cc1ccccc1-n1ccc[n+]1C. The van der Waals surface area contributed by atoms with Gasteiger partial charge in [0.2, 0.25) is 45.1 Å². The van der Waals surface area contributed by atoms with Gasteiger partial charge in [-0.3, -0.25) is 0 Å². The fraction of sp³-hybridized carbons (Fsp3) is 0.140. The molecule has 0 aliphatic heterocycles. The summed E-state index contributed by atoms with van der Waals surface area (Å²) < 4.78 is 24.4. The number of fused-ring (bicyclic) bond motifs is 4. The molecule has 10 nitrogen and oxygen atoms in total. The van der Waals surface area contributed by atoms with Crippen molar-refractivity contribution in [2.75, 3.05) is 0 Å². The Morgan fingerprint density at radius 3 is 1.56 bits per heavy atom. The zero-order chi connectivity index (χ0) is 72.8. The van der Waals surface area contributed by atoms with Crippen molar-refractivity contribution in [3.05, 3.63) is 361 Å². The summed E-state index contributed by atoms with van der Waals surface area (Å²) in [5.74, 6) is 1.41. The number of aromatic nitrogens is 8. The summed E-state index contributed by atoms with van der Waals surface area (Å²) in [6.45, 7) is 12.7. The second-order valence-corrected chi connectivity index (χ2v) is 27.2. The van der Waals surface area contributed by atoms with Crippen LogP contribution in [0.3, 0.4) is 0 Å². The molecule has 0 spiro atoms. The van der Waals surface area contributed by atoms with Gasteiger partial charge in [-0.15, -0.1) is 18.7 Å². The molecule has 0 aliphatic carbocycles. The van der Waals surface area contributed by atoms with Crippen molar-refractivity contribution in [3.63, 3.8) is 0 Å². The molecule has 0 saturated heterocycles. The molecule has 10 aromatic carbocycles. The largest absolute Gasteiger partial charge is 0.452 e. The molecule has 0 amide bonds. The number of aryl methyl sites for hydroxylation is 11. The molecule has 7 heterocycles. The van der Waals surface area contributed by atoms with Gasteiger partial charge in [0.05, 0.1) is 23.3 Å². The molecule has 0 atom stereocenters. The molecule has 17 aromatic rings. The van der Waals surface area contributed by atoms with Crippen LogP contribution in [0.1, 0.15) is 39.1 Å². The Labute approximate surface area is 615 Å². The standard InChI is InChI=1S/C19H18N.C17H16N.C16H16NO2.C15H15N2.C15H14NS.C11H13N2/c1-15-9-6-7-12-17(15)19-14-8-13-18(20(19)2)16-10-4-3-5-11-16;1-13-15-8-4-3-7-14(15)10-11-16(13)17-9-5-6-12-18(17)2;1-11-9-13(10-18)19-16(11)15-8-7-12-5-3-4-6-14(12)17(15)2;1-12-7-3-5-9-14(12)17-11-13-8-4-6-10-15(13)16(17)2;1-11-7-3-4-8-12(11)15-16(2)13-9-5-6-10-14(13)17-15;1-10-6-3-4-7-11(10)13-9-5-8-12(13)2/h3-14H,1-2H3;3-12H,1-2H3;3-9,18H,10H2,1-2H3;3-11H,1-2H3;3-10H,1-2H3;3-9H,1-2H3/q6*+1. The first kappa shape index (κ1) is 71.8. The zero-order valence-corrected chi connectivity index (χ0v) is 62.5. The van der Waals surface area contributed by atoms with Crippen LogP contribution in [0.2, 0.25) is 0 Å². The van der Waals surface area contributed by atoms with Gasteiger partial charge in [-0.2, -0.15) is 13.7 Å². The van der Waals surface area contributed by atoms with Gasteiger partial charge < -0.3 is 9.52 Å². The topological polar surface area (TPSA) is 66.5 Å². The Hall–Kier alpha value is -12.0.